The summed E-state index contributed by atoms with van der Waals surface area (Å²) in [7, 11) is 2.04. The highest BCUT2D eigenvalue weighted by molar-refractivity contribution is 5.99. The van der Waals surface area contributed by atoms with Crippen LogP contribution < -0.4 is 0 Å². The average molecular weight is 1080 g/mol. The number of pyridine rings is 1. The molecule has 440 valence electrons. The van der Waals surface area contributed by atoms with E-state index in [1.807, 2.05) is 39.9 Å². The van der Waals surface area contributed by atoms with E-state index in [1.54, 1.807) is 0 Å². The fraction of sp³-hybridized carbons (Fsp3) is 0.583. The molecule has 79 heavy (non-hydrogen) atoms. The van der Waals surface area contributed by atoms with Crippen molar-refractivity contribution in [2.24, 2.45) is 17.9 Å². The summed E-state index contributed by atoms with van der Waals surface area (Å²) in [5.74, 6) is 0.340. The zero-order valence-corrected chi connectivity index (χ0v) is 51.7. The van der Waals surface area contributed by atoms with Gasteiger partial charge in [0.25, 0.3) is 11.8 Å². The van der Waals surface area contributed by atoms with Crippen LogP contribution in [-0.4, -0.2) is 54.0 Å². The molecule has 0 bridgehead atoms. The molecule has 4 aromatic carbocycles. The second-order valence-corrected chi connectivity index (χ2v) is 30.2. The minimum Gasteiger partial charge on any atom is -0.333 e. The van der Waals surface area contributed by atoms with Crippen molar-refractivity contribution in [2.75, 3.05) is 6.54 Å². The van der Waals surface area contributed by atoms with Crippen LogP contribution in [0.4, 0.5) is 0 Å². The predicted molar refractivity (Wildman–Crippen MR) is 348 cm³/mol. The predicted octanol–water partition coefficient (Wildman–Crippen LogP) is 19.6. The van der Waals surface area contributed by atoms with E-state index in [0.29, 0.717) is 0 Å². The van der Waals surface area contributed by atoms with Crippen molar-refractivity contribution in [2.45, 2.75) is 254 Å². The zero-order valence-electron chi connectivity index (χ0n) is 51.7. The molecule has 0 N–H and O–H groups in total. The molecule has 0 fully saturated rings. The second-order valence-electron chi connectivity index (χ2n) is 30.2. The Labute approximate surface area is 485 Å². The Morgan fingerprint density at radius 2 is 0.835 bits per heavy atom. The van der Waals surface area contributed by atoms with Crippen molar-refractivity contribution >= 4 is 33.5 Å². The Morgan fingerprint density at radius 3 is 1.29 bits per heavy atom. The van der Waals surface area contributed by atoms with E-state index in [-0.39, 0.29) is 85.1 Å². The number of aryl methyl sites for hydroxylation is 1. The van der Waals surface area contributed by atoms with Gasteiger partial charge in [-0.25, -0.2) is 0 Å². The molecule has 0 saturated carbocycles. The maximum absolute atomic E-state index is 12.6. The number of carbonyl (C=O) groups is 2. The molecule has 2 aromatic heterocycles. The summed E-state index contributed by atoms with van der Waals surface area (Å²) in [5.41, 5.74) is 14.1. The lowest BCUT2D eigenvalue weighted by Crippen LogP contribution is -2.49. The Hall–Kier alpha value is -5.30. The van der Waals surface area contributed by atoms with Crippen LogP contribution in [0, 0.1) is 10.8 Å². The van der Waals surface area contributed by atoms with Crippen LogP contribution in [0.1, 0.15) is 261 Å². The van der Waals surface area contributed by atoms with Crippen LogP contribution in [0.2, 0.25) is 0 Å². The number of fused-ring (bicyclic) bond motifs is 4. The number of carbonyl (C=O) groups excluding carboxylic acids is 2. The van der Waals surface area contributed by atoms with E-state index < -0.39 is 0 Å². The molecule has 8 rings (SSSR count). The lowest BCUT2D eigenvalue weighted by Gasteiger charge is -2.39. The van der Waals surface area contributed by atoms with Gasteiger partial charge in [0.05, 0.1) is 11.2 Å². The fourth-order valence-corrected chi connectivity index (χ4v) is 9.71. The van der Waals surface area contributed by atoms with Crippen molar-refractivity contribution in [1.82, 2.24) is 24.6 Å². The van der Waals surface area contributed by atoms with E-state index in [0.717, 1.165) is 43.5 Å². The molecule has 7 heteroatoms. The summed E-state index contributed by atoms with van der Waals surface area (Å²) < 4.78 is 2.02. The second kappa shape index (κ2) is 25.7. The number of nitrogens with zero attached hydrogens (tertiary/aromatic N) is 5. The first-order chi connectivity index (χ1) is 34.0. The van der Waals surface area contributed by atoms with Gasteiger partial charge in [-0.05, 0) is 156 Å². The first-order valence-electron chi connectivity index (χ1n) is 27.7. The molecule has 0 atom stereocenters. The number of aromatic nitrogens is 3. The Balaban J connectivity index is 0.000000518. The van der Waals surface area contributed by atoms with Gasteiger partial charge in [0, 0.05) is 65.0 Å². The quantitative estimate of drug-likeness (QED) is 0.173. The van der Waals surface area contributed by atoms with Gasteiger partial charge in [-0.1, -0.05) is 209 Å². The van der Waals surface area contributed by atoms with Crippen molar-refractivity contribution < 1.29 is 9.59 Å². The topological polar surface area (TPSA) is 71.3 Å². The highest BCUT2D eigenvalue weighted by Gasteiger charge is 2.36. The minimum absolute atomic E-state index is 0. The average Bonchev–Trinajstić information content (AvgIpc) is 3.75. The van der Waals surface area contributed by atoms with Crippen LogP contribution >= 0.6 is 0 Å². The summed E-state index contributed by atoms with van der Waals surface area (Å²) in [5, 5.41) is 8.62. The normalized spacial score (nSPS) is 13.9. The van der Waals surface area contributed by atoms with Crippen LogP contribution in [0.5, 0.6) is 0 Å². The Morgan fingerprint density at radius 1 is 0.443 bits per heavy atom. The van der Waals surface area contributed by atoms with Crippen LogP contribution in [0.25, 0.3) is 21.7 Å². The van der Waals surface area contributed by atoms with Crippen molar-refractivity contribution in [3.05, 3.63) is 141 Å². The van der Waals surface area contributed by atoms with E-state index in [9.17, 15) is 9.59 Å². The molecule has 0 aliphatic carbocycles. The molecule has 2 aliphatic rings. The molecular weight excluding hydrogens is 967 g/mol. The molecule has 2 aliphatic heterocycles. The van der Waals surface area contributed by atoms with E-state index in [1.165, 1.54) is 66.4 Å². The third-order valence-corrected chi connectivity index (χ3v) is 14.3. The third kappa shape index (κ3) is 18.6. The van der Waals surface area contributed by atoms with Crippen LogP contribution in [0.3, 0.4) is 0 Å². The molecule has 0 saturated heterocycles. The number of amides is 2. The largest absolute Gasteiger partial charge is 0.333 e. The standard InChI is InChI=1S/C18H25N.C17H26N2.C17H25NO.C16H23NO.4CH4/c1-17(2,3)12-16-15-8-7-14(18(4,5)6)11-13(15)9-10-19-16;1-16(2,3)11-14-13-9-8-12(17(4,5)6)10-15(13)19(7)18-14;1-16(2,3)13-7-8-14-12(11-13)9-10-18(15(14)19)17(4,5)6;1-15(2,3)12-7-8-13-11(9-12)10-17(14(13)18)16(4,5)6;;;;/h7-11H,12H2,1-6H3;8-10H,11H2,1-7H3;7-8,11H,9-10H2,1-6H3;7-9H,10H2,1-6H3;4*1H4. The van der Waals surface area contributed by atoms with Gasteiger partial charge in [-0.15, -0.1) is 0 Å². The summed E-state index contributed by atoms with van der Waals surface area (Å²) in [4.78, 5) is 33.4. The Bertz CT molecular complexity index is 2980. The summed E-state index contributed by atoms with van der Waals surface area (Å²) in [6.45, 7) is 54.4. The molecule has 7 nitrogen and oxygen atoms in total. The number of hydrogen-bond acceptors (Lipinski definition) is 4. The fourth-order valence-electron chi connectivity index (χ4n) is 9.71. The maximum atomic E-state index is 12.6. The monoisotopic (exact) mass is 1080 g/mol. The molecule has 2 amide bonds. The van der Waals surface area contributed by atoms with E-state index in [4.69, 9.17) is 5.10 Å². The van der Waals surface area contributed by atoms with Crippen molar-refractivity contribution in [3.63, 3.8) is 0 Å². The van der Waals surface area contributed by atoms with Gasteiger partial charge in [0.1, 0.15) is 0 Å². The third-order valence-electron chi connectivity index (χ3n) is 14.3. The summed E-state index contributed by atoms with van der Waals surface area (Å²) in [6.07, 6.45) is 4.93. The Kier molecular flexibility index (Phi) is 23.3. The van der Waals surface area contributed by atoms with Gasteiger partial charge in [0.15, 0.2) is 0 Å². The molecule has 6 aromatic rings. The molecular formula is C72H115N5O2. The molecule has 0 radical (unpaired) electrons. The number of rotatable bonds is 2. The first-order valence-corrected chi connectivity index (χ1v) is 27.7. The number of benzene rings is 4. The van der Waals surface area contributed by atoms with Gasteiger partial charge < -0.3 is 9.80 Å². The van der Waals surface area contributed by atoms with Crippen molar-refractivity contribution in [1.29, 1.82) is 0 Å². The highest BCUT2D eigenvalue weighted by Crippen LogP contribution is 2.35. The smallest absolute Gasteiger partial charge is 0.254 e. The van der Waals surface area contributed by atoms with Crippen molar-refractivity contribution in [3.8, 4) is 0 Å². The minimum atomic E-state index is -0.113. The molecule has 0 spiro atoms. The van der Waals surface area contributed by atoms with Gasteiger partial charge in [-0.3, -0.25) is 19.3 Å². The highest BCUT2D eigenvalue weighted by atomic mass is 16.2. The molecule has 4 heterocycles. The first kappa shape index (κ1) is 71.7. The summed E-state index contributed by atoms with van der Waals surface area (Å²) >= 11 is 0. The van der Waals surface area contributed by atoms with Gasteiger partial charge in [-0.2, -0.15) is 5.10 Å². The zero-order chi connectivity index (χ0) is 56.8. The van der Waals surface area contributed by atoms with Crippen LogP contribution in [-0.2, 0) is 54.5 Å². The van der Waals surface area contributed by atoms with E-state index in [2.05, 4.69) is 238 Å². The maximum Gasteiger partial charge on any atom is 0.254 e. The lowest BCUT2D eigenvalue weighted by atomic mass is 9.83. The SMILES string of the molecule is C.C.C.C.CC(C)(C)Cc1nccc2cc(C(C)(C)C)ccc12.CC(C)(C)c1ccc2c(c1)CCN(C(C)(C)C)C2=O.CC(C)(C)c1ccc2c(c1)CN(C(C)(C)C)C2=O.Cn1nc(CC(C)(C)C)c2ccc(C(C)(C)C)cc21. The van der Waals surface area contributed by atoms with Crippen LogP contribution in [0.15, 0.2) is 85.1 Å². The lowest BCUT2D eigenvalue weighted by molar-refractivity contribution is 0.0560. The number of hydrogen-bond donors (Lipinski definition) is 0. The van der Waals surface area contributed by atoms with E-state index >= 15 is 0 Å². The summed E-state index contributed by atoms with van der Waals surface area (Å²) in [6, 6.07) is 28.3. The van der Waals surface area contributed by atoms with Gasteiger partial charge >= 0.3 is 0 Å². The van der Waals surface area contributed by atoms with Gasteiger partial charge in [0.2, 0.25) is 0 Å². The molecule has 0 unspecified atom stereocenters.